The fourth-order valence-corrected chi connectivity index (χ4v) is 2.19. The predicted octanol–water partition coefficient (Wildman–Crippen LogP) is 2.60. The van der Waals surface area contributed by atoms with E-state index >= 15 is 0 Å². The van der Waals surface area contributed by atoms with Gasteiger partial charge in [-0.2, -0.15) is 0 Å². The van der Waals surface area contributed by atoms with E-state index in [-0.39, 0.29) is 24.5 Å². The van der Waals surface area contributed by atoms with Gasteiger partial charge in [0.15, 0.2) is 0 Å². The molecule has 0 aliphatic heterocycles. The van der Waals surface area contributed by atoms with Gasteiger partial charge in [-0.1, -0.05) is 30.3 Å². The Labute approximate surface area is 120 Å². The van der Waals surface area contributed by atoms with Crippen LogP contribution in [0.2, 0.25) is 0 Å². The zero-order valence-corrected chi connectivity index (χ0v) is 11.7. The molecule has 19 heavy (non-hydrogen) atoms. The lowest BCUT2D eigenvalue weighted by Gasteiger charge is -2.26. The Morgan fingerprint density at radius 3 is 2.47 bits per heavy atom. The van der Waals surface area contributed by atoms with Gasteiger partial charge in [0.2, 0.25) is 0 Å². The Kier molecular flexibility index (Phi) is 6.67. The highest BCUT2D eigenvalue weighted by Gasteiger charge is 2.20. The molecule has 0 radical (unpaired) electrons. The SMILES string of the molecule is Cl.N[C@H]1CC[C@H](NC(=O)OCc2ccccc2)CC1. The van der Waals surface area contributed by atoms with Crippen molar-refractivity contribution in [3.8, 4) is 0 Å². The molecule has 2 rings (SSSR count). The summed E-state index contributed by atoms with van der Waals surface area (Å²) in [5, 5.41) is 2.89. The van der Waals surface area contributed by atoms with Crippen molar-refractivity contribution >= 4 is 18.5 Å². The van der Waals surface area contributed by atoms with Gasteiger partial charge in [0, 0.05) is 12.1 Å². The van der Waals surface area contributed by atoms with Crippen molar-refractivity contribution in [2.45, 2.75) is 44.4 Å². The fraction of sp³-hybridized carbons (Fsp3) is 0.500. The summed E-state index contributed by atoms with van der Waals surface area (Å²) in [6.07, 6.45) is 3.51. The Morgan fingerprint density at radius 2 is 1.84 bits per heavy atom. The van der Waals surface area contributed by atoms with E-state index in [0.29, 0.717) is 12.6 Å². The van der Waals surface area contributed by atoms with Gasteiger partial charge in [0.1, 0.15) is 6.61 Å². The van der Waals surface area contributed by atoms with E-state index in [1.54, 1.807) is 0 Å². The second kappa shape index (κ2) is 8.02. The third-order valence-corrected chi connectivity index (χ3v) is 3.31. The maximum atomic E-state index is 11.6. The van der Waals surface area contributed by atoms with E-state index in [2.05, 4.69) is 5.32 Å². The molecule has 0 unspecified atom stereocenters. The van der Waals surface area contributed by atoms with Crippen molar-refractivity contribution in [2.75, 3.05) is 0 Å². The summed E-state index contributed by atoms with van der Waals surface area (Å²) in [5.74, 6) is 0. The van der Waals surface area contributed by atoms with Crippen molar-refractivity contribution in [3.63, 3.8) is 0 Å². The molecule has 106 valence electrons. The summed E-state index contributed by atoms with van der Waals surface area (Å²) in [6, 6.07) is 10.2. The Bertz CT molecular complexity index is 378. The minimum absolute atomic E-state index is 0. The average Bonchev–Trinajstić information content (AvgIpc) is 2.40. The maximum absolute atomic E-state index is 11.6. The summed E-state index contributed by atoms with van der Waals surface area (Å²) in [5.41, 5.74) is 6.82. The van der Waals surface area contributed by atoms with Crippen LogP contribution in [-0.2, 0) is 11.3 Å². The molecule has 4 nitrogen and oxygen atoms in total. The van der Waals surface area contributed by atoms with Crippen molar-refractivity contribution in [3.05, 3.63) is 35.9 Å². The van der Waals surface area contributed by atoms with Crippen molar-refractivity contribution < 1.29 is 9.53 Å². The van der Waals surface area contributed by atoms with Crippen LogP contribution < -0.4 is 11.1 Å². The van der Waals surface area contributed by atoms with Gasteiger partial charge in [-0.25, -0.2) is 4.79 Å². The topological polar surface area (TPSA) is 64.3 Å². The highest BCUT2D eigenvalue weighted by Crippen LogP contribution is 2.17. The van der Waals surface area contributed by atoms with Crippen molar-refractivity contribution in [1.29, 1.82) is 0 Å². The van der Waals surface area contributed by atoms with Gasteiger partial charge >= 0.3 is 6.09 Å². The number of rotatable bonds is 3. The maximum Gasteiger partial charge on any atom is 0.407 e. The number of hydrogen-bond acceptors (Lipinski definition) is 3. The van der Waals surface area contributed by atoms with Crippen LogP contribution in [-0.4, -0.2) is 18.2 Å². The number of halogens is 1. The number of benzene rings is 1. The third kappa shape index (κ3) is 5.49. The quantitative estimate of drug-likeness (QED) is 0.897. The van der Waals surface area contributed by atoms with Crippen LogP contribution in [0, 0.1) is 0 Å². The molecule has 1 aromatic rings. The van der Waals surface area contributed by atoms with Gasteiger partial charge in [0.25, 0.3) is 0 Å². The number of carbonyl (C=O) groups is 1. The molecule has 0 bridgehead atoms. The van der Waals surface area contributed by atoms with E-state index in [0.717, 1.165) is 31.2 Å². The number of nitrogens with one attached hydrogen (secondary N) is 1. The van der Waals surface area contributed by atoms with Crippen LogP contribution >= 0.6 is 12.4 Å². The van der Waals surface area contributed by atoms with Gasteiger partial charge in [-0.3, -0.25) is 0 Å². The Balaban J connectivity index is 0.00000180. The molecule has 0 atom stereocenters. The number of amides is 1. The van der Waals surface area contributed by atoms with Crippen LogP contribution in [0.3, 0.4) is 0 Å². The van der Waals surface area contributed by atoms with Gasteiger partial charge in [-0.15, -0.1) is 12.4 Å². The summed E-state index contributed by atoms with van der Waals surface area (Å²) in [6.45, 7) is 0.318. The zero-order chi connectivity index (χ0) is 12.8. The van der Waals surface area contributed by atoms with Gasteiger partial charge in [0.05, 0.1) is 0 Å². The number of hydrogen-bond donors (Lipinski definition) is 2. The van der Waals surface area contributed by atoms with E-state index in [1.807, 2.05) is 30.3 Å². The van der Waals surface area contributed by atoms with E-state index < -0.39 is 0 Å². The van der Waals surface area contributed by atoms with E-state index in [1.165, 1.54) is 0 Å². The predicted molar refractivity (Wildman–Crippen MR) is 77.2 cm³/mol. The standard InChI is InChI=1S/C14H20N2O2.ClH/c15-12-6-8-13(9-7-12)16-14(17)18-10-11-4-2-1-3-5-11;/h1-5,12-13H,6-10,15H2,(H,16,17);1H/t12-,13-;. The normalized spacial score (nSPS) is 22.2. The molecule has 5 heteroatoms. The number of nitrogens with two attached hydrogens (primary N) is 1. The van der Waals surface area contributed by atoms with Crippen LogP contribution in [0.25, 0.3) is 0 Å². The summed E-state index contributed by atoms with van der Waals surface area (Å²) < 4.78 is 5.18. The minimum Gasteiger partial charge on any atom is -0.445 e. The minimum atomic E-state index is -0.334. The second-order valence-corrected chi connectivity index (χ2v) is 4.82. The first-order chi connectivity index (χ1) is 8.74. The molecule has 0 saturated heterocycles. The first-order valence-corrected chi connectivity index (χ1v) is 6.47. The van der Waals surface area contributed by atoms with Crippen molar-refractivity contribution in [2.24, 2.45) is 5.73 Å². The number of carbonyl (C=O) groups excluding carboxylic acids is 1. The number of alkyl carbamates (subject to hydrolysis) is 1. The highest BCUT2D eigenvalue weighted by atomic mass is 35.5. The van der Waals surface area contributed by atoms with E-state index in [4.69, 9.17) is 10.5 Å². The lowest BCUT2D eigenvalue weighted by Crippen LogP contribution is -2.40. The molecule has 1 amide bonds. The zero-order valence-electron chi connectivity index (χ0n) is 10.9. The molecule has 1 aliphatic carbocycles. The molecular weight excluding hydrogens is 264 g/mol. The number of ether oxygens (including phenoxy) is 1. The van der Waals surface area contributed by atoms with Gasteiger partial charge < -0.3 is 15.8 Å². The van der Waals surface area contributed by atoms with Crippen LogP contribution in [0.5, 0.6) is 0 Å². The molecule has 1 fully saturated rings. The summed E-state index contributed by atoms with van der Waals surface area (Å²) in [4.78, 5) is 11.6. The molecule has 0 heterocycles. The molecule has 0 aromatic heterocycles. The smallest absolute Gasteiger partial charge is 0.407 e. The third-order valence-electron chi connectivity index (χ3n) is 3.31. The Morgan fingerprint density at radius 1 is 1.21 bits per heavy atom. The van der Waals surface area contributed by atoms with Gasteiger partial charge in [-0.05, 0) is 31.2 Å². The van der Waals surface area contributed by atoms with E-state index in [9.17, 15) is 4.79 Å². The first kappa shape index (κ1) is 15.8. The monoisotopic (exact) mass is 284 g/mol. The van der Waals surface area contributed by atoms with Crippen LogP contribution in [0.15, 0.2) is 30.3 Å². The lowest BCUT2D eigenvalue weighted by atomic mass is 9.92. The molecular formula is C14H21ClN2O2. The molecule has 1 aromatic carbocycles. The average molecular weight is 285 g/mol. The second-order valence-electron chi connectivity index (χ2n) is 4.82. The molecule has 1 aliphatic rings. The molecule has 3 N–H and O–H groups in total. The van der Waals surface area contributed by atoms with Crippen LogP contribution in [0.1, 0.15) is 31.2 Å². The summed E-state index contributed by atoms with van der Waals surface area (Å²) in [7, 11) is 0. The first-order valence-electron chi connectivity index (χ1n) is 6.47. The largest absolute Gasteiger partial charge is 0.445 e. The molecule has 0 spiro atoms. The highest BCUT2D eigenvalue weighted by molar-refractivity contribution is 5.85. The fourth-order valence-electron chi connectivity index (χ4n) is 2.19. The lowest BCUT2D eigenvalue weighted by molar-refractivity contribution is 0.132. The van der Waals surface area contributed by atoms with Crippen LogP contribution in [0.4, 0.5) is 4.79 Å². The summed E-state index contributed by atoms with van der Waals surface area (Å²) >= 11 is 0. The van der Waals surface area contributed by atoms with Crippen molar-refractivity contribution in [1.82, 2.24) is 5.32 Å². The molecule has 1 saturated carbocycles. The Hall–Kier alpha value is -1.26.